The van der Waals surface area contributed by atoms with Crippen molar-refractivity contribution in [3.63, 3.8) is 0 Å². The third kappa shape index (κ3) is 7.50. The van der Waals surface area contributed by atoms with E-state index in [9.17, 15) is 20.1 Å². The predicted molar refractivity (Wildman–Crippen MR) is 190 cm³/mol. The normalized spacial score (nSPS) is 17.1. The van der Waals surface area contributed by atoms with Gasteiger partial charge in [-0.05, 0) is 80.6 Å². The van der Waals surface area contributed by atoms with Crippen LogP contribution < -0.4 is 16.2 Å². The number of fused-ring (bicyclic) bond motifs is 1. The number of benzene rings is 2. The Balaban J connectivity index is 1.22. The Bertz CT molecular complexity index is 1730. The third-order valence-corrected chi connectivity index (χ3v) is 10.7. The Kier molecular flexibility index (Phi) is 10.9. The standard InChI is InChI=1S/C36H46N6O5S/c1-23-27(8-6-9-28(23)39-34(44)31-21-25-7-4-5-10-30(25)48-31)29-22-41(3)36(46)33(38-29)37-26-13-11-24(12-14-26)32(35(45)40(2)15-18-43)42-16-19-47-20-17-42/h6,8-9,11-14,21-22,32,34-35,39,43-45H,4-5,7,10,15-20H2,1-3H3,(H,37,38)/t32?,34-,35-/m0/s1. The zero-order chi connectivity index (χ0) is 33.8. The molecular formula is C36H46N6O5S. The topological polar surface area (TPSA) is 135 Å². The van der Waals surface area contributed by atoms with Gasteiger partial charge >= 0.3 is 0 Å². The quantitative estimate of drug-likeness (QED) is 0.140. The summed E-state index contributed by atoms with van der Waals surface area (Å²) < 4.78 is 7.06. The minimum Gasteiger partial charge on any atom is -0.395 e. The Hall–Kier alpha value is -3.62. The molecule has 1 fully saturated rings. The number of nitrogens with zero attached hydrogens (tertiary/aromatic N) is 4. The molecular weight excluding hydrogens is 628 g/mol. The smallest absolute Gasteiger partial charge is 0.293 e. The van der Waals surface area contributed by atoms with E-state index in [2.05, 4.69) is 21.6 Å². The first-order valence-corrected chi connectivity index (χ1v) is 17.5. The molecule has 256 valence electrons. The summed E-state index contributed by atoms with van der Waals surface area (Å²) in [6, 6.07) is 15.3. The number of anilines is 3. The molecule has 1 saturated heterocycles. The van der Waals surface area contributed by atoms with Gasteiger partial charge in [-0.2, -0.15) is 0 Å². The predicted octanol–water partition coefficient (Wildman–Crippen LogP) is 4.16. The minimum absolute atomic E-state index is 0.0494. The molecule has 48 heavy (non-hydrogen) atoms. The number of nitrogens with one attached hydrogen (secondary N) is 2. The molecule has 12 heteroatoms. The van der Waals surface area contributed by atoms with Crippen molar-refractivity contribution >= 4 is 28.5 Å². The second kappa shape index (κ2) is 15.3. The highest BCUT2D eigenvalue weighted by Crippen LogP contribution is 2.35. The molecule has 11 nitrogen and oxygen atoms in total. The van der Waals surface area contributed by atoms with Crippen molar-refractivity contribution in [1.29, 1.82) is 0 Å². The highest BCUT2D eigenvalue weighted by Gasteiger charge is 2.31. The number of ether oxygens (including phenoxy) is 1. The van der Waals surface area contributed by atoms with Crippen molar-refractivity contribution in [1.82, 2.24) is 19.4 Å². The van der Waals surface area contributed by atoms with Crippen molar-refractivity contribution in [3.05, 3.63) is 91.5 Å². The van der Waals surface area contributed by atoms with Crippen LogP contribution in [-0.4, -0.2) is 87.4 Å². The number of rotatable bonds is 12. The summed E-state index contributed by atoms with van der Waals surface area (Å²) in [5, 5.41) is 38.3. The highest BCUT2D eigenvalue weighted by atomic mass is 32.1. The molecule has 0 spiro atoms. The van der Waals surface area contributed by atoms with E-state index in [4.69, 9.17) is 9.72 Å². The van der Waals surface area contributed by atoms with Crippen LogP contribution in [0.3, 0.4) is 0 Å². The van der Waals surface area contributed by atoms with Crippen LogP contribution in [0.5, 0.6) is 0 Å². The highest BCUT2D eigenvalue weighted by molar-refractivity contribution is 7.12. The van der Waals surface area contributed by atoms with Gasteiger partial charge in [0.1, 0.15) is 6.23 Å². The summed E-state index contributed by atoms with van der Waals surface area (Å²) in [5.74, 6) is 0.192. The van der Waals surface area contributed by atoms with Crippen molar-refractivity contribution < 1.29 is 20.1 Å². The third-order valence-electron chi connectivity index (χ3n) is 9.40. The number of hydrogen-bond donors (Lipinski definition) is 5. The largest absolute Gasteiger partial charge is 0.395 e. The van der Waals surface area contributed by atoms with E-state index in [-0.39, 0.29) is 24.0 Å². The Morgan fingerprint density at radius 2 is 1.83 bits per heavy atom. The molecule has 5 N–H and O–H groups in total. The van der Waals surface area contributed by atoms with Gasteiger partial charge in [0.05, 0.1) is 36.4 Å². The Morgan fingerprint density at radius 1 is 1.08 bits per heavy atom. The van der Waals surface area contributed by atoms with Crippen LogP contribution in [0, 0.1) is 6.92 Å². The van der Waals surface area contributed by atoms with Gasteiger partial charge in [-0.1, -0.05) is 24.3 Å². The lowest BCUT2D eigenvalue weighted by Crippen LogP contribution is -2.49. The first-order chi connectivity index (χ1) is 23.2. The molecule has 0 bridgehead atoms. The summed E-state index contributed by atoms with van der Waals surface area (Å²) in [6.45, 7) is 4.84. The number of aliphatic hydroxyl groups is 3. The zero-order valence-electron chi connectivity index (χ0n) is 27.9. The molecule has 6 rings (SSSR count). The average molecular weight is 675 g/mol. The molecule has 2 aromatic heterocycles. The number of aliphatic hydroxyl groups excluding tert-OH is 3. The molecule has 1 aliphatic heterocycles. The fraction of sp³-hybridized carbons (Fsp3) is 0.444. The molecule has 1 aliphatic carbocycles. The second-order valence-electron chi connectivity index (χ2n) is 12.7. The van der Waals surface area contributed by atoms with Gasteiger partial charge < -0.3 is 35.3 Å². The van der Waals surface area contributed by atoms with Crippen molar-refractivity contribution in [2.24, 2.45) is 7.05 Å². The molecule has 4 aromatic rings. The van der Waals surface area contributed by atoms with Crippen LogP contribution in [0.15, 0.2) is 59.5 Å². The fourth-order valence-electron chi connectivity index (χ4n) is 6.61. The summed E-state index contributed by atoms with van der Waals surface area (Å²) in [6.07, 6.45) is 4.65. The first-order valence-electron chi connectivity index (χ1n) is 16.6. The maximum absolute atomic E-state index is 13.2. The Morgan fingerprint density at radius 3 is 2.56 bits per heavy atom. The molecule has 3 heterocycles. The van der Waals surface area contributed by atoms with Crippen molar-refractivity contribution in [3.8, 4) is 11.3 Å². The number of hydrogen-bond acceptors (Lipinski definition) is 11. The molecule has 3 atom stereocenters. The van der Waals surface area contributed by atoms with Gasteiger partial charge in [-0.25, -0.2) is 4.98 Å². The van der Waals surface area contributed by atoms with Crippen molar-refractivity contribution in [2.45, 2.75) is 51.1 Å². The van der Waals surface area contributed by atoms with Crippen LogP contribution in [0.1, 0.15) is 51.6 Å². The van der Waals surface area contributed by atoms with E-state index >= 15 is 0 Å². The van der Waals surface area contributed by atoms with Crippen LogP contribution >= 0.6 is 11.3 Å². The zero-order valence-corrected chi connectivity index (χ0v) is 28.7. The number of likely N-dealkylation sites (N-methyl/N-ethyl adjacent to an activating group) is 1. The summed E-state index contributed by atoms with van der Waals surface area (Å²) in [5.41, 5.74) is 5.89. The van der Waals surface area contributed by atoms with Crippen LogP contribution in [-0.2, 0) is 24.6 Å². The molecule has 0 saturated carbocycles. The molecule has 0 amide bonds. The van der Waals surface area contributed by atoms with E-state index in [0.717, 1.165) is 40.1 Å². The SMILES string of the molecule is Cc1c(N[C@@H](O)c2cc3c(s2)CCCC3)cccc1-c1cn(C)c(=O)c(Nc2ccc(C([C@H](O)N(C)CCO)N3CCOCC3)cc2)n1. The van der Waals surface area contributed by atoms with Gasteiger partial charge in [0.2, 0.25) is 0 Å². The number of aromatic nitrogens is 2. The Labute approximate surface area is 285 Å². The van der Waals surface area contributed by atoms with E-state index in [1.165, 1.54) is 27.8 Å². The maximum Gasteiger partial charge on any atom is 0.293 e. The van der Waals surface area contributed by atoms with Crippen LogP contribution in [0.4, 0.5) is 17.2 Å². The maximum atomic E-state index is 13.2. The van der Waals surface area contributed by atoms with Crippen LogP contribution in [0.25, 0.3) is 11.3 Å². The van der Waals surface area contributed by atoms with Gasteiger partial charge in [0.25, 0.3) is 5.56 Å². The number of thiophene rings is 1. The second-order valence-corrected chi connectivity index (χ2v) is 13.8. The van der Waals surface area contributed by atoms with E-state index in [0.29, 0.717) is 44.2 Å². The lowest BCUT2D eigenvalue weighted by atomic mass is 9.99. The summed E-state index contributed by atoms with van der Waals surface area (Å²) >= 11 is 1.69. The summed E-state index contributed by atoms with van der Waals surface area (Å²) in [4.78, 5) is 24.2. The molecule has 1 unspecified atom stereocenters. The average Bonchev–Trinajstić information content (AvgIpc) is 3.54. The monoisotopic (exact) mass is 674 g/mol. The van der Waals surface area contributed by atoms with Gasteiger partial charge in [-0.3, -0.25) is 14.6 Å². The van der Waals surface area contributed by atoms with E-state index in [1.807, 2.05) is 49.4 Å². The van der Waals surface area contributed by atoms with E-state index in [1.54, 1.807) is 36.5 Å². The lowest BCUT2D eigenvalue weighted by Gasteiger charge is -2.40. The van der Waals surface area contributed by atoms with Gasteiger partial charge in [0, 0.05) is 54.7 Å². The number of morpholine rings is 1. The van der Waals surface area contributed by atoms with E-state index < -0.39 is 12.5 Å². The lowest BCUT2D eigenvalue weighted by molar-refractivity contribution is -0.0799. The van der Waals surface area contributed by atoms with Gasteiger partial charge in [-0.15, -0.1) is 11.3 Å². The minimum atomic E-state index is -0.829. The summed E-state index contributed by atoms with van der Waals surface area (Å²) in [7, 11) is 3.50. The number of aryl methyl sites for hydroxylation is 3. The molecule has 0 radical (unpaired) electrons. The van der Waals surface area contributed by atoms with Gasteiger partial charge in [0.15, 0.2) is 12.0 Å². The van der Waals surface area contributed by atoms with Crippen LogP contribution in [0.2, 0.25) is 0 Å². The molecule has 2 aliphatic rings. The first kappa shape index (κ1) is 34.3. The fourth-order valence-corrected chi connectivity index (χ4v) is 7.81. The van der Waals surface area contributed by atoms with Crippen molar-refractivity contribution in [2.75, 3.05) is 57.1 Å². The molecule has 2 aromatic carbocycles.